The topological polar surface area (TPSA) is 57.2 Å². The Morgan fingerprint density at radius 3 is 2.62 bits per heavy atom. The number of nitrogens with zero attached hydrogens (tertiary/aromatic N) is 1. The number of benzene rings is 2. The van der Waals surface area contributed by atoms with Crippen molar-refractivity contribution in [2.45, 2.75) is 18.4 Å². The lowest BCUT2D eigenvalue weighted by Gasteiger charge is -2.44. The summed E-state index contributed by atoms with van der Waals surface area (Å²) in [6.07, 6.45) is 1.31. The van der Waals surface area contributed by atoms with Gasteiger partial charge in [-0.1, -0.05) is 6.07 Å². The van der Waals surface area contributed by atoms with E-state index in [2.05, 4.69) is 24.1 Å². The summed E-state index contributed by atoms with van der Waals surface area (Å²) in [7, 11) is 2.08. The molecule has 1 unspecified atom stereocenters. The Bertz CT molecular complexity index is 985. The second kappa shape index (κ2) is 4.71. The van der Waals surface area contributed by atoms with Crippen molar-refractivity contribution in [2.75, 3.05) is 27.2 Å². The number of Topliss-reactive ketones (excluding diaryl/α,β-unsaturated/α-hetero) is 1. The van der Waals surface area contributed by atoms with Gasteiger partial charge in [-0.2, -0.15) is 0 Å². The highest BCUT2D eigenvalue weighted by Crippen LogP contribution is 2.55. The lowest BCUT2D eigenvalue weighted by atomic mass is 9.76. The van der Waals surface area contributed by atoms with Crippen LogP contribution in [0.2, 0.25) is 0 Å². The molecule has 1 atom stereocenters. The highest BCUT2D eigenvalue weighted by Gasteiger charge is 2.52. The number of fused-ring (bicyclic) bond motifs is 7. The van der Waals surface area contributed by atoms with Gasteiger partial charge in [0.25, 0.3) is 0 Å². The maximum Gasteiger partial charge on any atom is 0.231 e. The Balaban J connectivity index is 1.64. The first-order valence-corrected chi connectivity index (χ1v) is 8.79. The highest BCUT2D eigenvalue weighted by molar-refractivity contribution is 6.06. The molecule has 6 nitrogen and oxygen atoms in total. The molecular weight excluding hydrogens is 334 g/mol. The van der Waals surface area contributed by atoms with Gasteiger partial charge in [0, 0.05) is 13.0 Å². The molecule has 2 aromatic carbocycles. The average molecular weight is 351 g/mol. The monoisotopic (exact) mass is 351 g/mol. The fourth-order valence-electron chi connectivity index (χ4n) is 4.85. The predicted molar refractivity (Wildman–Crippen MR) is 91.2 cm³/mol. The molecule has 0 fully saturated rings. The summed E-state index contributed by atoms with van der Waals surface area (Å²) in [5, 5.41) is 0. The van der Waals surface area contributed by atoms with E-state index in [1.54, 1.807) is 0 Å². The zero-order valence-corrected chi connectivity index (χ0v) is 14.3. The molecule has 0 N–H and O–H groups in total. The maximum atomic E-state index is 13.1. The minimum atomic E-state index is -0.498. The van der Waals surface area contributed by atoms with E-state index in [9.17, 15) is 4.79 Å². The van der Waals surface area contributed by atoms with Crippen LogP contribution in [0.5, 0.6) is 23.0 Å². The standard InChI is InChI=1S/C20H17NO5/c1-21-5-4-11-6-16-17(25-9-24-16)7-13(11)20(21)8-14(22)18-12(20)2-3-15-19(18)26-10-23-15/h2-3,6-7H,4-5,8-10H2,1H3. The minimum absolute atomic E-state index is 0.0970. The van der Waals surface area contributed by atoms with Gasteiger partial charge in [-0.05, 0) is 48.4 Å². The Labute approximate surface area is 150 Å². The molecule has 0 aromatic heterocycles. The van der Waals surface area contributed by atoms with Crippen molar-refractivity contribution in [3.8, 4) is 23.0 Å². The zero-order valence-electron chi connectivity index (χ0n) is 14.3. The first-order valence-electron chi connectivity index (χ1n) is 8.79. The van der Waals surface area contributed by atoms with E-state index < -0.39 is 5.54 Å². The van der Waals surface area contributed by atoms with Crippen LogP contribution in [-0.2, 0) is 12.0 Å². The van der Waals surface area contributed by atoms with Gasteiger partial charge in [0.05, 0.1) is 11.1 Å². The van der Waals surface area contributed by atoms with E-state index in [1.165, 1.54) is 5.56 Å². The van der Waals surface area contributed by atoms with Crippen LogP contribution in [0.4, 0.5) is 0 Å². The molecule has 6 heteroatoms. The molecule has 3 heterocycles. The summed E-state index contributed by atoms with van der Waals surface area (Å²) in [4.78, 5) is 15.4. The van der Waals surface area contributed by atoms with Gasteiger partial charge in [0.2, 0.25) is 13.6 Å². The molecule has 1 aliphatic carbocycles. The molecule has 0 saturated carbocycles. The Kier molecular flexibility index (Phi) is 2.61. The molecule has 0 bridgehead atoms. The third-order valence-corrected chi connectivity index (χ3v) is 6.09. The number of likely N-dealkylation sites (N-methyl/N-ethyl adjacent to an activating group) is 1. The summed E-state index contributed by atoms with van der Waals surface area (Å²) in [6.45, 7) is 1.28. The molecule has 2 aromatic rings. The minimum Gasteiger partial charge on any atom is -0.454 e. The second-order valence-electron chi connectivity index (χ2n) is 7.22. The van der Waals surface area contributed by atoms with E-state index in [1.807, 2.05) is 12.1 Å². The van der Waals surface area contributed by atoms with Gasteiger partial charge in [-0.3, -0.25) is 9.69 Å². The zero-order chi connectivity index (χ0) is 17.5. The van der Waals surface area contributed by atoms with Crippen molar-refractivity contribution in [1.82, 2.24) is 4.90 Å². The number of ether oxygens (including phenoxy) is 4. The number of ketones is 1. The fourth-order valence-corrected chi connectivity index (χ4v) is 4.85. The molecule has 3 aliphatic heterocycles. The van der Waals surface area contributed by atoms with Crippen molar-refractivity contribution in [1.29, 1.82) is 0 Å². The van der Waals surface area contributed by atoms with Crippen molar-refractivity contribution in [3.05, 3.63) is 46.5 Å². The van der Waals surface area contributed by atoms with Crippen molar-refractivity contribution < 1.29 is 23.7 Å². The lowest BCUT2D eigenvalue weighted by molar-refractivity contribution is 0.0889. The largest absolute Gasteiger partial charge is 0.454 e. The number of carbonyl (C=O) groups is 1. The van der Waals surface area contributed by atoms with Gasteiger partial charge in [0.15, 0.2) is 28.8 Å². The SMILES string of the molecule is CN1CCc2cc3c(cc2C12CC(=O)c1c2ccc2c1OCO2)OCO3. The smallest absolute Gasteiger partial charge is 0.231 e. The number of rotatable bonds is 0. The van der Waals surface area contributed by atoms with Gasteiger partial charge < -0.3 is 18.9 Å². The van der Waals surface area contributed by atoms with Crippen LogP contribution in [-0.4, -0.2) is 37.9 Å². The van der Waals surface area contributed by atoms with Gasteiger partial charge in [-0.15, -0.1) is 0 Å². The quantitative estimate of drug-likeness (QED) is 0.727. The molecular formula is C20H17NO5. The summed E-state index contributed by atoms with van der Waals surface area (Å²) < 4.78 is 22.3. The van der Waals surface area contributed by atoms with Gasteiger partial charge >= 0.3 is 0 Å². The molecule has 26 heavy (non-hydrogen) atoms. The van der Waals surface area contributed by atoms with Gasteiger partial charge in [0.1, 0.15) is 0 Å². The number of hydrogen-bond donors (Lipinski definition) is 0. The Morgan fingerprint density at radius 1 is 0.962 bits per heavy atom. The first kappa shape index (κ1) is 14.4. The second-order valence-corrected chi connectivity index (χ2v) is 7.22. The van der Waals surface area contributed by atoms with Crippen LogP contribution in [0, 0.1) is 0 Å². The van der Waals surface area contributed by atoms with Crippen molar-refractivity contribution in [3.63, 3.8) is 0 Å². The third kappa shape index (κ3) is 1.58. The molecule has 4 aliphatic rings. The number of carbonyl (C=O) groups excluding carboxylic acids is 1. The summed E-state index contributed by atoms with van der Waals surface area (Å²) in [6, 6.07) is 8.06. The predicted octanol–water partition coefficient (Wildman–Crippen LogP) is 2.46. The molecule has 0 amide bonds. The van der Waals surface area contributed by atoms with E-state index in [0.717, 1.165) is 35.6 Å². The van der Waals surface area contributed by atoms with Crippen molar-refractivity contribution in [2.24, 2.45) is 0 Å². The van der Waals surface area contributed by atoms with Crippen molar-refractivity contribution >= 4 is 5.78 Å². The lowest BCUT2D eigenvalue weighted by Crippen LogP contribution is -2.48. The third-order valence-electron chi connectivity index (χ3n) is 6.09. The Morgan fingerprint density at radius 2 is 1.73 bits per heavy atom. The van der Waals surface area contributed by atoms with Crippen LogP contribution in [0.1, 0.15) is 33.5 Å². The first-order chi connectivity index (χ1) is 12.7. The molecule has 1 spiro atoms. The Hall–Kier alpha value is -2.73. The summed E-state index contributed by atoms with van der Waals surface area (Å²) in [5.41, 5.74) is 3.50. The van der Waals surface area contributed by atoms with E-state index in [-0.39, 0.29) is 19.4 Å². The van der Waals surface area contributed by atoms with Crippen LogP contribution in [0.25, 0.3) is 0 Å². The number of hydrogen-bond acceptors (Lipinski definition) is 6. The van der Waals surface area contributed by atoms with Crippen LogP contribution < -0.4 is 18.9 Å². The highest BCUT2D eigenvalue weighted by atomic mass is 16.7. The fraction of sp³-hybridized carbons (Fsp3) is 0.350. The summed E-state index contributed by atoms with van der Waals surface area (Å²) >= 11 is 0. The molecule has 0 saturated heterocycles. The molecule has 0 radical (unpaired) electrons. The summed E-state index contributed by atoms with van der Waals surface area (Å²) in [5.74, 6) is 2.88. The molecule has 6 rings (SSSR count). The van der Waals surface area contributed by atoms with Gasteiger partial charge in [-0.25, -0.2) is 0 Å². The van der Waals surface area contributed by atoms with E-state index >= 15 is 0 Å². The van der Waals surface area contributed by atoms with Crippen LogP contribution >= 0.6 is 0 Å². The van der Waals surface area contributed by atoms with Crippen LogP contribution in [0.3, 0.4) is 0 Å². The van der Waals surface area contributed by atoms with Crippen LogP contribution in [0.15, 0.2) is 24.3 Å². The average Bonchev–Trinajstić information content (AvgIpc) is 3.34. The van der Waals surface area contributed by atoms with E-state index in [0.29, 0.717) is 23.5 Å². The van der Waals surface area contributed by atoms with E-state index in [4.69, 9.17) is 18.9 Å². The maximum absolute atomic E-state index is 13.1. The normalized spacial score (nSPS) is 24.9. The molecule has 132 valence electrons.